The fraction of sp³-hybridized carbons (Fsp3) is 0.100. The summed E-state index contributed by atoms with van der Waals surface area (Å²) in [4.78, 5) is 0. The van der Waals surface area contributed by atoms with Crippen LogP contribution in [0.1, 0.15) is 5.69 Å². The van der Waals surface area contributed by atoms with Crippen molar-refractivity contribution in [3.8, 4) is 5.69 Å². The van der Waals surface area contributed by atoms with Crippen molar-refractivity contribution in [1.29, 1.82) is 0 Å². The Labute approximate surface area is 94.3 Å². The van der Waals surface area contributed by atoms with E-state index in [9.17, 15) is 13.2 Å². The molecule has 1 aromatic carbocycles. The molecule has 0 amide bonds. The zero-order valence-corrected chi connectivity index (χ0v) is 8.63. The molecule has 84 valence electrons. The first-order chi connectivity index (χ1) is 7.48. The highest BCUT2D eigenvalue weighted by molar-refractivity contribution is 6.30. The number of nitrogens with zero attached hydrogens (tertiary/aromatic N) is 2. The van der Waals surface area contributed by atoms with E-state index in [1.165, 1.54) is 12.1 Å². The van der Waals surface area contributed by atoms with Crippen LogP contribution in [-0.2, 0) is 6.18 Å². The SMILES string of the molecule is FC(F)(F)c1ccnn1-c1cccc(Cl)c1. The van der Waals surface area contributed by atoms with Gasteiger partial charge < -0.3 is 0 Å². The molecular formula is C10H6ClF3N2. The standard InChI is InChI=1S/C10H6ClF3N2/c11-7-2-1-3-8(6-7)16-9(4-5-15-16)10(12,13)14/h1-6H. The fourth-order valence-corrected chi connectivity index (χ4v) is 1.52. The van der Waals surface area contributed by atoms with E-state index in [2.05, 4.69) is 5.10 Å². The van der Waals surface area contributed by atoms with Crippen molar-refractivity contribution < 1.29 is 13.2 Å². The van der Waals surface area contributed by atoms with Gasteiger partial charge in [-0.05, 0) is 24.3 Å². The molecule has 0 N–H and O–H groups in total. The lowest BCUT2D eigenvalue weighted by atomic mass is 10.3. The van der Waals surface area contributed by atoms with Gasteiger partial charge in [0.05, 0.1) is 11.9 Å². The van der Waals surface area contributed by atoms with Gasteiger partial charge in [-0.15, -0.1) is 0 Å². The predicted molar refractivity (Wildman–Crippen MR) is 53.6 cm³/mol. The smallest absolute Gasteiger partial charge is 0.229 e. The lowest BCUT2D eigenvalue weighted by Crippen LogP contribution is -2.13. The fourth-order valence-electron chi connectivity index (χ4n) is 1.33. The Hall–Kier alpha value is -1.49. The highest BCUT2D eigenvalue weighted by Crippen LogP contribution is 2.30. The summed E-state index contributed by atoms with van der Waals surface area (Å²) in [6.45, 7) is 0. The molecule has 0 aliphatic heterocycles. The van der Waals surface area contributed by atoms with Crippen molar-refractivity contribution >= 4 is 11.6 Å². The number of rotatable bonds is 1. The van der Waals surface area contributed by atoms with Crippen LogP contribution in [-0.4, -0.2) is 9.78 Å². The van der Waals surface area contributed by atoms with Crippen molar-refractivity contribution in [1.82, 2.24) is 9.78 Å². The maximum atomic E-state index is 12.6. The maximum Gasteiger partial charge on any atom is 0.433 e. The summed E-state index contributed by atoms with van der Waals surface area (Å²) >= 11 is 5.71. The predicted octanol–water partition coefficient (Wildman–Crippen LogP) is 3.54. The van der Waals surface area contributed by atoms with E-state index in [-0.39, 0.29) is 5.69 Å². The van der Waals surface area contributed by atoms with Crippen LogP contribution < -0.4 is 0 Å². The molecule has 1 aromatic heterocycles. The number of aromatic nitrogens is 2. The van der Waals surface area contributed by atoms with Crippen LogP contribution in [0.25, 0.3) is 5.69 Å². The summed E-state index contributed by atoms with van der Waals surface area (Å²) in [6, 6.07) is 7.00. The van der Waals surface area contributed by atoms with Crippen molar-refractivity contribution in [2.45, 2.75) is 6.18 Å². The molecule has 0 saturated carbocycles. The van der Waals surface area contributed by atoms with Crippen molar-refractivity contribution in [2.75, 3.05) is 0 Å². The monoisotopic (exact) mass is 246 g/mol. The largest absolute Gasteiger partial charge is 0.433 e. The van der Waals surface area contributed by atoms with Gasteiger partial charge in [0, 0.05) is 5.02 Å². The molecule has 2 aromatic rings. The van der Waals surface area contributed by atoms with Gasteiger partial charge >= 0.3 is 6.18 Å². The highest BCUT2D eigenvalue weighted by Gasteiger charge is 2.35. The molecule has 2 rings (SSSR count). The molecule has 0 aliphatic rings. The molecule has 0 spiro atoms. The van der Waals surface area contributed by atoms with Gasteiger partial charge in [0.25, 0.3) is 0 Å². The Morgan fingerprint density at radius 3 is 2.56 bits per heavy atom. The third kappa shape index (κ3) is 2.04. The van der Waals surface area contributed by atoms with Gasteiger partial charge in [-0.3, -0.25) is 0 Å². The Kier molecular flexibility index (Phi) is 2.63. The molecule has 0 radical (unpaired) electrons. The minimum atomic E-state index is -4.43. The third-order valence-corrected chi connectivity index (χ3v) is 2.22. The molecule has 2 nitrogen and oxygen atoms in total. The Bertz CT molecular complexity index is 505. The molecule has 0 saturated heterocycles. The molecule has 1 heterocycles. The Morgan fingerprint density at radius 1 is 1.19 bits per heavy atom. The normalized spacial score (nSPS) is 11.8. The van der Waals surface area contributed by atoms with Crippen LogP contribution >= 0.6 is 11.6 Å². The van der Waals surface area contributed by atoms with E-state index >= 15 is 0 Å². The van der Waals surface area contributed by atoms with Crippen LogP contribution in [0, 0.1) is 0 Å². The summed E-state index contributed by atoms with van der Waals surface area (Å²) in [7, 11) is 0. The first-order valence-corrected chi connectivity index (χ1v) is 4.73. The molecular weight excluding hydrogens is 241 g/mol. The van der Waals surface area contributed by atoms with Crippen molar-refractivity contribution in [3.05, 3.63) is 47.2 Å². The molecule has 0 aliphatic carbocycles. The van der Waals surface area contributed by atoms with Gasteiger partial charge in [-0.1, -0.05) is 17.7 Å². The second-order valence-corrected chi connectivity index (χ2v) is 3.54. The molecule has 0 bridgehead atoms. The lowest BCUT2D eigenvalue weighted by molar-refractivity contribution is -0.142. The third-order valence-electron chi connectivity index (χ3n) is 1.99. The van der Waals surface area contributed by atoms with Gasteiger partial charge in [0.1, 0.15) is 5.69 Å². The summed E-state index contributed by atoms with van der Waals surface area (Å²) in [5, 5.41) is 3.99. The number of alkyl halides is 3. The van der Waals surface area contributed by atoms with Crippen LogP contribution in [0.4, 0.5) is 13.2 Å². The zero-order chi connectivity index (χ0) is 11.8. The van der Waals surface area contributed by atoms with E-state index in [0.717, 1.165) is 16.9 Å². The van der Waals surface area contributed by atoms with Gasteiger partial charge in [0.2, 0.25) is 0 Å². The van der Waals surface area contributed by atoms with E-state index < -0.39 is 11.9 Å². The van der Waals surface area contributed by atoms with Crippen molar-refractivity contribution in [2.24, 2.45) is 0 Å². The van der Waals surface area contributed by atoms with Crippen LogP contribution in [0.5, 0.6) is 0 Å². The maximum absolute atomic E-state index is 12.6. The molecule has 0 unspecified atom stereocenters. The van der Waals surface area contributed by atoms with E-state index in [1.54, 1.807) is 12.1 Å². The van der Waals surface area contributed by atoms with Crippen molar-refractivity contribution in [3.63, 3.8) is 0 Å². The molecule has 16 heavy (non-hydrogen) atoms. The average Bonchev–Trinajstić information content (AvgIpc) is 2.65. The van der Waals surface area contributed by atoms with Gasteiger partial charge in [-0.25, -0.2) is 4.68 Å². The molecule has 0 fully saturated rings. The summed E-state index contributed by atoms with van der Waals surface area (Å²) in [6.07, 6.45) is -3.33. The summed E-state index contributed by atoms with van der Waals surface area (Å²) in [5.74, 6) is 0. The first kappa shape index (κ1) is 11.0. The zero-order valence-electron chi connectivity index (χ0n) is 7.87. The summed E-state index contributed by atoms with van der Waals surface area (Å²) in [5.41, 5.74) is -0.542. The van der Waals surface area contributed by atoms with Gasteiger partial charge in [-0.2, -0.15) is 18.3 Å². The van der Waals surface area contributed by atoms with Crippen LogP contribution in [0.3, 0.4) is 0 Å². The minimum absolute atomic E-state index is 0.282. The van der Waals surface area contributed by atoms with E-state index in [4.69, 9.17) is 11.6 Å². The molecule has 0 atom stereocenters. The second kappa shape index (κ2) is 3.83. The first-order valence-electron chi connectivity index (χ1n) is 4.35. The quantitative estimate of drug-likeness (QED) is 0.752. The summed E-state index contributed by atoms with van der Waals surface area (Å²) < 4.78 is 38.5. The van der Waals surface area contributed by atoms with Crippen LogP contribution in [0.2, 0.25) is 5.02 Å². The average molecular weight is 247 g/mol. The number of benzene rings is 1. The minimum Gasteiger partial charge on any atom is -0.229 e. The Balaban J connectivity index is 2.53. The number of hydrogen-bond donors (Lipinski definition) is 0. The number of hydrogen-bond acceptors (Lipinski definition) is 1. The highest BCUT2D eigenvalue weighted by atomic mass is 35.5. The van der Waals surface area contributed by atoms with E-state index in [0.29, 0.717) is 5.02 Å². The van der Waals surface area contributed by atoms with E-state index in [1.807, 2.05) is 0 Å². The number of halogens is 4. The van der Waals surface area contributed by atoms with Gasteiger partial charge in [0.15, 0.2) is 0 Å². The lowest BCUT2D eigenvalue weighted by Gasteiger charge is -2.10. The Morgan fingerprint density at radius 2 is 1.94 bits per heavy atom. The second-order valence-electron chi connectivity index (χ2n) is 3.11. The van der Waals surface area contributed by atoms with Crippen LogP contribution in [0.15, 0.2) is 36.5 Å². The molecule has 6 heteroatoms. The topological polar surface area (TPSA) is 17.8 Å².